The number of hydrogen-bond acceptors (Lipinski definition) is 8. The minimum atomic E-state index is -0.976. The van der Waals surface area contributed by atoms with Gasteiger partial charge < -0.3 is 29.3 Å². The minimum Gasteiger partial charge on any atom is -0.442 e. The molecule has 1 amide bonds. The van der Waals surface area contributed by atoms with E-state index in [0.717, 1.165) is 38.0 Å². The van der Waals surface area contributed by atoms with Crippen molar-refractivity contribution in [1.82, 2.24) is 9.80 Å². The van der Waals surface area contributed by atoms with Gasteiger partial charge in [-0.25, -0.2) is 9.18 Å². The van der Waals surface area contributed by atoms with Crippen LogP contribution in [0, 0.1) is 23.6 Å². The number of rotatable bonds is 4. The Bertz CT molecular complexity index is 1330. The monoisotopic (exact) mass is 639 g/mol. The van der Waals surface area contributed by atoms with Gasteiger partial charge in [0.15, 0.2) is 0 Å². The maximum atomic E-state index is 14.7. The molecular weight excluding hydrogens is 589 g/mol. The van der Waals surface area contributed by atoms with Gasteiger partial charge in [0.05, 0.1) is 30.8 Å². The fraction of sp³-hybridized carbons (Fsp3) is 0.639. The van der Waals surface area contributed by atoms with Crippen molar-refractivity contribution < 1.29 is 33.4 Å². The summed E-state index contributed by atoms with van der Waals surface area (Å²) in [6, 6.07) is 4.80. The molecule has 1 aromatic carbocycles. The van der Waals surface area contributed by atoms with Crippen LogP contribution in [0.2, 0.25) is 0 Å². The Morgan fingerprint density at radius 2 is 1.72 bits per heavy atom. The number of allylic oxidation sites excluding steroid dienone is 2. The summed E-state index contributed by atoms with van der Waals surface area (Å²) in [4.78, 5) is 46.5. The highest BCUT2D eigenvalue weighted by molar-refractivity contribution is 6.38. The molecule has 46 heavy (non-hydrogen) atoms. The number of ether oxygens (including phenoxy) is 2. The highest BCUT2D eigenvalue weighted by Crippen LogP contribution is 2.40. The Labute approximate surface area is 272 Å². The van der Waals surface area contributed by atoms with Crippen LogP contribution >= 0.6 is 0 Å². The molecular formula is C36H50FN3O6. The van der Waals surface area contributed by atoms with Crippen molar-refractivity contribution in [3.8, 4) is 0 Å². The van der Waals surface area contributed by atoms with Crippen molar-refractivity contribution in [3.63, 3.8) is 0 Å². The Hall–Kier alpha value is -3.08. The van der Waals surface area contributed by atoms with Crippen LogP contribution in [0.15, 0.2) is 35.9 Å². The number of aliphatic hydroxyl groups is 1. The molecule has 9 nitrogen and oxygen atoms in total. The number of halogens is 1. The fourth-order valence-electron chi connectivity index (χ4n) is 7.41. The maximum Gasteiger partial charge on any atom is 0.410 e. The highest BCUT2D eigenvalue weighted by atomic mass is 19.1. The summed E-state index contributed by atoms with van der Waals surface area (Å²) in [5.74, 6) is -2.94. The second-order valence-corrected chi connectivity index (χ2v) is 13.9. The van der Waals surface area contributed by atoms with Gasteiger partial charge in [-0.15, -0.1) is 0 Å². The number of anilines is 1. The second-order valence-electron chi connectivity index (χ2n) is 13.9. The Morgan fingerprint density at radius 3 is 2.39 bits per heavy atom. The zero-order valence-corrected chi connectivity index (χ0v) is 27.8. The molecule has 3 aliphatic heterocycles. The van der Waals surface area contributed by atoms with E-state index in [9.17, 15) is 23.9 Å². The summed E-state index contributed by atoms with van der Waals surface area (Å²) in [6.07, 6.45) is 7.05. The first-order valence-corrected chi connectivity index (χ1v) is 16.9. The molecule has 5 rings (SSSR count). The molecule has 252 valence electrons. The number of likely N-dealkylation sites (tertiary alicyclic amines) is 2. The van der Waals surface area contributed by atoms with E-state index in [1.54, 1.807) is 13.0 Å². The number of ketones is 2. The molecule has 1 aromatic rings. The molecule has 0 saturated carbocycles. The first kappa shape index (κ1) is 34.3. The zero-order chi connectivity index (χ0) is 33.0. The number of piperidine rings is 1. The summed E-state index contributed by atoms with van der Waals surface area (Å²) in [7, 11) is 2.10. The summed E-state index contributed by atoms with van der Waals surface area (Å²) in [6.45, 7) is 10.7. The Balaban J connectivity index is 1.39. The maximum absolute atomic E-state index is 14.7. The van der Waals surface area contributed by atoms with Crippen molar-refractivity contribution in [1.29, 1.82) is 0 Å². The zero-order valence-electron chi connectivity index (χ0n) is 27.8. The van der Waals surface area contributed by atoms with Crippen molar-refractivity contribution >= 4 is 29.4 Å². The van der Waals surface area contributed by atoms with E-state index in [4.69, 9.17) is 9.47 Å². The van der Waals surface area contributed by atoms with Crippen LogP contribution in [0.4, 0.5) is 14.9 Å². The molecule has 0 radical (unpaired) electrons. The van der Waals surface area contributed by atoms with E-state index >= 15 is 0 Å². The first-order valence-electron chi connectivity index (χ1n) is 16.9. The van der Waals surface area contributed by atoms with Crippen molar-refractivity contribution in [2.75, 3.05) is 57.9 Å². The topological polar surface area (TPSA) is 99.6 Å². The van der Waals surface area contributed by atoms with Crippen LogP contribution in [-0.2, 0) is 19.1 Å². The van der Waals surface area contributed by atoms with Gasteiger partial charge >= 0.3 is 6.09 Å². The average molecular weight is 640 g/mol. The molecule has 10 heteroatoms. The summed E-state index contributed by atoms with van der Waals surface area (Å²) in [5, 5.41) is 10.7. The third kappa shape index (κ3) is 7.89. The Morgan fingerprint density at radius 1 is 1.02 bits per heavy atom. The van der Waals surface area contributed by atoms with Crippen LogP contribution in [0.3, 0.4) is 0 Å². The number of aliphatic hydroxyl groups excluding tert-OH is 1. The lowest BCUT2D eigenvalue weighted by molar-refractivity contribution is -0.140. The predicted octanol–water partition coefficient (Wildman–Crippen LogP) is 4.87. The van der Waals surface area contributed by atoms with Crippen LogP contribution in [-0.4, -0.2) is 103 Å². The van der Waals surface area contributed by atoms with Gasteiger partial charge in [-0.05, 0) is 87.7 Å². The highest BCUT2D eigenvalue weighted by Gasteiger charge is 2.49. The average Bonchev–Trinajstić information content (AvgIpc) is 3.01. The molecule has 3 heterocycles. The third-order valence-electron chi connectivity index (χ3n) is 10.5. The molecule has 1 aliphatic carbocycles. The predicted molar refractivity (Wildman–Crippen MR) is 175 cm³/mol. The van der Waals surface area contributed by atoms with Crippen molar-refractivity contribution in [3.05, 3.63) is 47.3 Å². The quantitative estimate of drug-likeness (QED) is 0.368. The van der Waals surface area contributed by atoms with E-state index in [0.29, 0.717) is 56.8 Å². The molecule has 0 aromatic heterocycles. The lowest BCUT2D eigenvalue weighted by Gasteiger charge is -2.55. The molecule has 1 N–H and O–H groups in total. The number of nitrogens with zero attached hydrogens (tertiary/aromatic N) is 3. The molecule has 5 atom stereocenters. The lowest BCUT2D eigenvalue weighted by Crippen LogP contribution is -2.65. The fourth-order valence-corrected chi connectivity index (χ4v) is 7.41. The normalized spacial score (nSPS) is 30.7. The minimum absolute atomic E-state index is 0.108. The van der Waals surface area contributed by atoms with E-state index in [2.05, 4.69) is 16.8 Å². The van der Waals surface area contributed by atoms with Crippen LogP contribution in [0.25, 0.3) is 6.08 Å². The Kier molecular flexibility index (Phi) is 11.0. The van der Waals surface area contributed by atoms with Gasteiger partial charge in [0.1, 0.15) is 11.9 Å². The first-order chi connectivity index (χ1) is 22.0. The van der Waals surface area contributed by atoms with E-state index in [1.807, 2.05) is 37.0 Å². The third-order valence-corrected chi connectivity index (χ3v) is 10.5. The van der Waals surface area contributed by atoms with E-state index in [1.165, 1.54) is 12.1 Å². The number of benzene rings is 1. The van der Waals surface area contributed by atoms with Gasteiger partial charge in [-0.1, -0.05) is 31.6 Å². The van der Waals surface area contributed by atoms with Crippen LogP contribution in [0.5, 0.6) is 0 Å². The smallest absolute Gasteiger partial charge is 0.410 e. The van der Waals surface area contributed by atoms with E-state index in [-0.39, 0.29) is 29.8 Å². The van der Waals surface area contributed by atoms with Crippen molar-refractivity contribution in [2.24, 2.45) is 17.8 Å². The van der Waals surface area contributed by atoms with Crippen LogP contribution < -0.4 is 4.90 Å². The van der Waals surface area contributed by atoms with Crippen molar-refractivity contribution in [2.45, 2.75) is 77.0 Å². The van der Waals surface area contributed by atoms with Crippen LogP contribution in [0.1, 0.15) is 64.9 Å². The summed E-state index contributed by atoms with van der Waals surface area (Å²) >= 11 is 0. The summed E-state index contributed by atoms with van der Waals surface area (Å²) in [5.41, 5.74) is 1.82. The van der Waals surface area contributed by atoms with E-state index < -0.39 is 35.6 Å². The molecule has 3 fully saturated rings. The molecule has 3 saturated heterocycles. The molecule has 1 spiro atoms. The number of Topliss-reactive ketones (excluding diaryl/α,β-unsaturated/α-hetero) is 2. The van der Waals surface area contributed by atoms with Gasteiger partial charge in [0.25, 0.3) is 0 Å². The number of carbonyl (C=O) groups excluding carboxylic acids is 3. The molecule has 4 aliphatic rings. The summed E-state index contributed by atoms with van der Waals surface area (Å²) < 4.78 is 26.3. The molecule has 0 bridgehead atoms. The second kappa shape index (κ2) is 14.8. The SMILES string of the molecule is C/C(=C\c1cc(F)cc(N2CCOCC2)c1)[C@H]1C(=O)C(=O)C[C@H](O)CC[C@H](C)[C@@H](OC(=O)N2CCC23CCN(C)CC3)/C=C/[C@@H]1C. The van der Waals surface area contributed by atoms with Gasteiger partial charge in [0, 0.05) is 44.8 Å². The number of amides is 1. The lowest BCUT2D eigenvalue weighted by atomic mass is 9.77. The number of hydrogen-bond donors (Lipinski definition) is 1. The van der Waals surface area contributed by atoms with Gasteiger partial charge in [0.2, 0.25) is 11.6 Å². The number of carbonyl (C=O) groups is 3. The largest absolute Gasteiger partial charge is 0.442 e. The van der Waals surface area contributed by atoms with Gasteiger partial charge in [-0.3, -0.25) is 9.59 Å². The standard InChI is InChI=1S/C36H50FN3O6/c1-24-5-7-30(41)23-31(42)34(43)33(26(3)19-27-20-28(37)22-29(21-27)39-15-17-45-18-16-39)25(2)6-8-32(24)46-35(44)40-14-11-36(40)9-12-38(4)13-10-36/h6,8,19-22,24-25,30,32-33,41H,5,7,9-18,23H2,1-4H3/b8-6+,26-19+/t24-,25-,30+,32-,33-/m0/s1. The number of morpholine rings is 1. The molecule has 0 unspecified atom stereocenters. The van der Waals surface area contributed by atoms with Gasteiger partial charge in [-0.2, -0.15) is 0 Å².